The average molecular weight is 286 g/mol. The first-order chi connectivity index (χ1) is 9.41. The Morgan fingerprint density at radius 3 is 2.00 bits per heavy atom. The van der Waals surface area contributed by atoms with Crippen LogP contribution < -0.4 is 5.32 Å². The molecule has 0 unspecified atom stereocenters. The standard InChI is InChI=1S/C16H34N2O2/c1-15(2,3)17-13-16(7-5-4-6-8-16)14-18(9-11-19)10-12-20/h17,19-20H,4-14H2,1-3H3. The monoisotopic (exact) mass is 286 g/mol. The second-order valence-electron chi connectivity index (χ2n) is 7.39. The first-order valence-electron chi connectivity index (χ1n) is 8.10. The van der Waals surface area contributed by atoms with Gasteiger partial charge in [-0.15, -0.1) is 0 Å². The van der Waals surface area contributed by atoms with Crippen LogP contribution in [-0.4, -0.2) is 60.0 Å². The van der Waals surface area contributed by atoms with Crippen molar-refractivity contribution in [1.82, 2.24) is 10.2 Å². The summed E-state index contributed by atoms with van der Waals surface area (Å²) in [7, 11) is 0. The zero-order chi connectivity index (χ0) is 15.1. The van der Waals surface area contributed by atoms with Crippen molar-refractivity contribution in [2.75, 3.05) is 39.4 Å². The second kappa shape index (κ2) is 8.32. The molecule has 0 spiro atoms. The van der Waals surface area contributed by atoms with E-state index < -0.39 is 0 Å². The summed E-state index contributed by atoms with van der Waals surface area (Å²) >= 11 is 0. The van der Waals surface area contributed by atoms with Crippen LogP contribution in [0.5, 0.6) is 0 Å². The number of aliphatic hydroxyl groups is 2. The maximum absolute atomic E-state index is 9.20. The second-order valence-corrected chi connectivity index (χ2v) is 7.39. The number of nitrogens with zero attached hydrogens (tertiary/aromatic N) is 1. The summed E-state index contributed by atoms with van der Waals surface area (Å²) in [5.41, 5.74) is 0.444. The van der Waals surface area contributed by atoms with Crippen LogP contribution in [0.2, 0.25) is 0 Å². The molecule has 0 aliphatic heterocycles. The minimum atomic E-state index is 0.142. The van der Waals surface area contributed by atoms with Crippen molar-refractivity contribution in [2.24, 2.45) is 5.41 Å². The van der Waals surface area contributed by atoms with E-state index in [4.69, 9.17) is 0 Å². The van der Waals surface area contributed by atoms with Crippen LogP contribution in [0.1, 0.15) is 52.9 Å². The Bertz CT molecular complexity index is 252. The third-order valence-electron chi connectivity index (χ3n) is 4.30. The number of aliphatic hydroxyl groups excluding tert-OH is 2. The highest BCUT2D eigenvalue weighted by Gasteiger charge is 2.34. The lowest BCUT2D eigenvalue weighted by Gasteiger charge is -2.43. The van der Waals surface area contributed by atoms with Crippen LogP contribution in [0.15, 0.2) is 0 Å². The number of nitrogens with one attached hydrogen (secondary N) is 1. The molecule has 1 rings (SSSR count). The van der Waals surface area contributed by atoms with E-state index in [1.54, 1.807) is 0 Å². The Morgan fingerprint density at radius 1 is 1.00 bits per heavy atom. The quantitative estimate of drug-likeness (QED) is 0.634. The summed E-state index contributed by atoms with van der Waals surface area (Å²) in [5.74, 6) is 0. The van der Waals surface area contributed by atoms with Crippen molar-refractivity contribution in [3.05, 3.63) is 0 Å². The normalized spacial score (nSPS) is 19.5. The number of hydrogen-bond acceptors (Lipinski definition) is 4. The maximum Gasteiger partial charge on any atom is 0.0558 e. The molecule has 1 fully saturated rings. The third-order valence-corrected chi connectivity index (χ3v) is 4.30. The Morgan fingerprint density at radius 2 is 1.55 bits per heavy atom. The third kappa shape index (κ3) is 6.53. The minimum absolute atomic E-state index is 0.142. The largest absolute Gasteiger partial charge is 0.395 e. The predicted molar refractivity (Wildman–Crippen MR) is 83.9 cm³/mol. The molecule has 1 aliphatic rings. The molecule has 1 aliphatic carbocycles. The fourth-order valence-corrected chi connectivity index (χ4v) is 3.17. The molecule has 0 heterocycles. The number of hydrogen-bond donors (Lipinski definition) is 3. The van der Waals surface area contributed by atoms with E-state index >= 15 is 0 Å². The van der Waals surface area contributed by atoms with Crippen molar-refractivity contribution in [2.45, 2.75) is 58.4 Å². The van der Waals surface area contributed by atoms with Gasteiger partial charge in [-0.05, 0) is 39.0 Å². The van der Waals surface area contributed by atoms with Gasteiger partial charge in [0.05, 0.1) is 13.2 Å². The first kappa shape index (κ1) is 17.9. The molecule has 120 valence electrons. The minimum Gasteiger partial charge on any atom is -0.395 e. The summed E-state index contributed by atoms with van der Waals surface area (Å²) < 4.78 is 0. The van der Waals surface area contributed by atoms with Crippen LogP contribution in [0.4, 0.5) is 0 Å². The first-order valence-corrected chi connectivity index (χ1v) is 8.10. The molecule has 4 heteroatoms. The number of rotatable bonds is 8. The molecule has 0 aromatic rings. The van der Waals surface area contributed by atoms with Gasteiger partial charge in [0.15, 0.2) is 0 Å². The van der Waals surface area contributed by atoms with Gasteiger partial charge in [-0.1, -0.05) is 19.3 Å². The smallest absolute Gasteiger partial charge is 0.0558 e. The summed E-state index contributed by atoms with van der Waals surface area (Å²) in [6.07, 6.45) is 6.46. The van der Waals surface area contributed by atoms with E-state index in [0.29, 0.717) is 18.5 Å². The highest BCUT2D eigenvalue weighted by atomic mass is 16.3. The van der Waals surface area contributed by atoms with Gasteiger partial charge in [0, 0.05) is 31.7 Å². The molecule has 0 radical (unpaired) electrons. The van der Waals surface area contributed by atoms with Crippen molar-refractivity contribution in [1.29, 1.82) is 0 Å². The van der Waals surface area contributed by atoms with Crippen molar-refractivity contribution in [3.8, 4) is 0 Å². The van der Waals surface area contributed by atoms with Gasteiger partial charge in [0.25, 0.3) is 0 Å². The SMILES string of the molecule is CC(C)(C)NCC1(CN(CCO)CCO)CCCCC1. The Hall–Kier alpha value is -0.160. The van der Waals surface area contributed by atoms with Crippen molar-refractivity contribution in [3.63, 3.8) is 0 Å². The van der Waals surface area contributed by atoms with E-state index in [1.165, 1.54) is 32.1 Å². The van der Waals surface area contributed by atoms with Crippen molar-refractivity contribution >= 4 is 0 Å². The summed E-state index contributed by atoms with van der Waals surface area (Å²) in [6.45, 7) is 10.3. The van der Waals surface area contributed by atoms with E-state index in [9.17, 15) is 10.2 Å². The van der Waals surface area contributed by atoms with Gasteiger partial charge in [-0.3, -0.25) is 4.90 Å². The molecule has 1 saturated carbocycles. The van der Waals surface area contributed by atoms with Crippen LogP contribution >= 0.6 is 0 Å². The van der Waals surface area contributed by atoms with E-state index in [-0.39, 0.29) is 18.8 Å². The molecule has 4 nitrogen and oxygen atoms in total. The highest BCUT2D eigenvalue weighted by Crippen LogP contribution is 2.37. The molecule has 0 bridgehead atoms. The lowest BCUT2D eigenvalue weighted by molar-refractivity contribution is 0.0717. The van der Waals surface area contributed by atoms with Crippen LogP contribution in [0.25, 0.3) is 0 Å². The molecule has 0 amide bonds. The topological polar surface area (TPSA) is 55.7 Å². The lowest BCUT2D eigenvalue weighted by Crippen LogP contribution is -2.50. The molecule has 0 saturated heterocycles. The molecule has 20 heavy (non-hydrogen) atoms. The predicted octanol–water partition coefficient (Wildman–Crippen LogP) is 1.61. The fraction of sp³-hybridized carbons (Fsp3) is 1.00. The Kier molecular flexibility index (Phi) is 7.45. The molecule has 0 aromatic carbocycles. The van der Waals surface area contributed by atoms with Gasteiger partial charge < -0.3 is 15.5 Å². The van der Waals surface area contributed by atoms with E-state index in [0.717, 1.165) is 13.1 Å². The molecule has 3 N–H and O–H groups in total. The van der Waals surface area contributed by atoms with E-state index in [2.05, 4.69) is 31.0 Å². The fourth-order valence-electron chi connectivity index (χ4n) is 3.17. The van der Waals surface area contributed by atoms with Gasteiger partial charge in [0.1, 0.15) is 0 Å². The van der Waals surface area contributed by atoms with Gasteiger partial charge in [-0.25, -0.2) is 0 Å². The summed E-state index contributed by atoms with van der Waals surface area (Å²) in [5, 5.41) is 22.1. The Labute approximate surface area is 124 Å². The van der Waals surface area contributed by atoms with Crippen LogP contribution in [0.3, 0.4) is 0 Å². The Balaban J connectivity index is 2.65. The average Bonchev–Trinajstić information content (AvgIpc) is 2.38. The zero-order valence-corrected chi connectivity index (χ0v) is 13.6. The van der Waals surface area contributed by atoms with Crippen molar-refractivity contribution < 1.29 is 10.2 Å². The van der Waals surface area contributed by atoms with Crippen LogP contribution in [0, 0.1) is 5.41 Å². The summed E-state index contributed by atoms with van der Waals surface area (Å²) in [4.78, 5) is 2.22. The van der Waals surface area contributed by atoms with Gasteiger partial charge in [-0.2, -0.15) is 0 Å². The van der Waals surface area contributed by atoms with Crippen LogP contribution in [-0.2, 0) is 0 Å². The highest BCUT2D eigenvalue weighted by molar-refractivity contribution is 4.90. The summed E-state index contributed by atoms with van der Waals surface area (Å²) in [6, 6.07) is 0. The van der Waals surface area contributed by atoms with E-state index in [1.807, 2.05) is 0 Å². The molecular weight excluding hydrogens is 252 g/mol. The lowest BCUT2D eigenvalue weighted by atomic mass is 9.73. The molecule has 0 aromatic heterocycles. The maximum atomic E-state index is 9.20. The van der Waals surface area contributed by atoms with Gasteiger partial charge >= 0.3 is 0 Å². The van der Waals surface area contributed by atoms with Gasteiger partial charge in [0.2, 0.25) is 0 Å². The zero-order valence-electron chi connectivity index (χ0n) is 13.6. The molecule has 0 atom stereocenters. The molecular formula is C16H34N2O2.